The second-order valence-corrected chi connectivity index (χ2v) is 7.09. The van der Waals surface area contributed by atoms with E-state index in [1.807, 2.05) is 0 Å². The number of halogens is 1. The van der Waals surface area contributed by atoms with Crippen molar-refractivity contribution in [2.24, 2.45) is 0 Å². The molecule has 1 fully saturated rings. The van der Waals surface area contributed by atoms with Crippen LogP contribution in [0.25, 0.3) is 0 Å². The van der Waals surface area contributed by atoms with Crippen molar-refractivity contribution in [3.63, 3.8) is 0 Å². The van der Waals surface area contributed by atoms with Crippen LogP contribution in [-0.4, -0.2) is 31.1 Å². The molecule has 1 aromatic carbocycles. The van der Waals surface area contributed by atoms with Crippen molar-refractivity contribution in [3.05, 3.63) is 34.3 Å². The Balaban J connectivity index is 1.94. The van der Waals surface area contributed by atoms with Gasteiger partial charge in [0.15, 0.2) is 0 Å². The van der Waals surface area contributed by atoms with Gasteiger partial charge in [-0.3, -0.25) is 0 Å². The Morgan fingerprint density at radius 2 is 2.00 bits per heavy atom. The highest BCUT2D eigenvalue weighted by atomic mass is 79.9. The standard InChI is InChI=1S/C18H29BrN2/c1-3-13-20-18(16-10-6-7-11-17(16)19)12-14-21(2)15-8-4-5-9-15/h6-7,10-11,15,18,20H,3-5,8-9,12-14H2,1-2H3. The predicted octanol–water partition coefficient (Wildman–Crippen LogP) is 4.75. The van der Waals surface area contributed by atoms with Crippen LogP contribution in [0, 0.1) is 0 Å². The van der Waals surface area contributed by atoms with Gasteiger partial charge in [0.1, 0.15) is 0 Å². The van der Waals surface area contributed by atoms with Crippen molar-refractivity contribution in [1.82, 2.24) is 10.2 Å². The van der Waals surface area contributed by atoms with E-state index in [9.17, 15) is 0 Å². The van der Waals surface area contributed by atoms with Crippen molar-refractivity contribution in [1.29, 1.82) is 0 Å². The Kier molecular flexibility index (Phi) is 7.21. The lowest BCUT2D eigenvalue weighted by Gasteiger charge is -2.27. The van der Waals surface area contributed by atoms with Gasteiger partial charge >= 0.3 is 0 Å². The molecule has 1 aliphatic carbocycles. The van der Waals surface area contributed by atoms with Gasteiger partial charge in [0, 0.05) is 16.6 Å². The number of nitrogens with zero attached hydrogens (tertiary/aromatic N) is 1. The summed E-state index contributed by atoms with van der Waals surface area (Å²) >= 11 is 3.71. The quantitative estimate of drug-likeness (QED) is 0.725. The molecule has 2 nitrogen and oxygen atoms in total. The number of benzene rings is 1. The highest BCUT2D eigenvalue weighted by Crippen LogP contribution is 2.27. The van der Waals surface area contributed by atoms with Gasteiger partial charge in [0.25, 0.3) is 0 Å². The van der Waals surface area contributed by atoms with Crippen LogP contribution in [0.1, 0.15) is 57.1 Å². The molecule has 118 valence electrons. The van der Waals surface area contributed by atoms with E-state index in [1.165, 1.54) is 55.1 Å². The first-order chi connectivity index (χ1) is 10.2. The van der Waals surface area contributed by atoms with E-state index in [0.29, 0.717) is 6.04 Å². The topological polar surface area (TPSA) is 15.3 Å². The van der Waals surface area contributed by atoms with Crippen molar-refractivity contribution >= 4 is 15.9 Å². The summed E-state index contributed by atoms with van der Waals surface area (Å²) in [5, 5.41) is 3.72. The Bertz CT molecular complexity index is 415. The van der Waals surface area contributed by atoms with E-state index >= 15 is 0 Å². The van der Waals surface area contributed by atoms with Crippen molar-refractivity contribution in [2.75, 3.05) is 20.1 Å². The largest absolute Gasteiger partial charge is 0.310 e. The number of nitrogens with one attached hydrogen (secondary N) is 1. The third-order valence-electron chi connectivity index (χ3n) is 4.64. The summed E-state index contributed by atoms with van der Waals surface area (Å²) in [5.74, 6) is 0. The summed E-state index contributed by atoms with van der Waals surface area (Å²) in [6.45, 7) is 4.49. The molecule has 0 aliphatic heterocycles. The molecule has 0 aromatic heterocycles. The lowest BCUT2D eigenvalue weighted by atomic mass is 10.0. The van der Waals surface area contributed by atoms with E-state index in [-0.39, 0.29) is 0 Å². The average molecular weight is 353 g/mol. The third-order valence-corrected chi connectivity index (χ3v) is 5.36. The van der Waals surface area contributed by atoms with Crippen LogP contribution in [-0.2, 0) is 0 Å². The van der Waals surface area contributed by atoms with Crippen LogP contribution in [0.2, 0.25) is 0 Å². The van der Waals surface area contributed by atoms with Crippen LogP contribution in [0.3, 0.4) is 0 Å². The Morgan fingerprint density at radius 3 is 2.67 bits per heavy atom. The molecule has 0 amide bonds. The molecule has 0 bridgehead atoms. The monoisotopic (exact) mass is 352 g/mol. The molecule has 3 heteroatoms. The fraction of sp³-hybridized carbons (Fsp3) is 0.667. The zero-order chi connectivity index (χ0) is 15.1. The Hall–Kier alpha value is -0.380. The summed E-state index contributed by atoms with van der Waals surface area (Å²) in [6, 6.07) is 9.89. The van der Waals surface area contributed by atoms with Crippen molar-refractivity contribution in [2.45, 2.75) is 57.5 Å². The minimum absolute atomic E-state index is 0.448. The highest BCUT2D eigenvalue weighted by molar-refractivity contribution is 9.10. The summed E-state index contributed by atoms with van der Waals surface area (Å²) in [6.07, 6.45) is 7.96. The molecule has 1 aromatic rings. The summed E-state index contributed by atoms with van der Waals surface area (Å²) in [5.41, 5.74) is 1.39. The van der Waals surface area contributed by atoms with Crippen LogP contribution in [0.5, 0.6) is 0 Å². The minimum Gasteiger partial charge on any atom is -0.310 e. The fourth-order valence-electron chi connectivity index (χ4n) is 3.30. The molecule has 1 saturated carbocycles. The molecule has 2 rings (SSSR count). The lowest BCUT2D eigenvalue weighted by molar-refractivity contribution is 0.231. The zero-order valence-electron chi connectivity index (χ0n) is 13.4. The van der Waals surface area contributed by atoms with Gasteiger partial charge in [-0.1, -0.05) is 53.9 Å². The van der Waals surface area contributed by atoms with E-state index in [2.05, 4.69) is 64.4 Å². The second-order valence-electron chi connectivity index (χ2n) is 6.24. The average Bonchev–Trinajstić information content (AvgIpc) is 3.02. The minimum atomic E-state index is 0.448. The molecule has 0 radical (unpaired) electrons. The van der Waals surface area contributed by atoms with Gasteiger partial charge < -0.3 is 10.2 Å². The smallest absolute Gasteiger partial charge is 0.0343 e. The molecule has 1 unspecified atom stereocenters. The van der Waals surface area contributed by atoms with Crippen LogP contribution < -0.4 is 5.32 Å². The number of hydrogen-bond acceptors (Lipinski definition) is 2. The fourth-order valence-corrected chi connectivity index (χ4v) is 3.87. The number of hydrogen-bond donors (Lipinski definition) is 1. The first-order valence-electron chi connectivity index (χ1n) is 8.40. The van der Waals surface area contributed by atoms with Crippen LogP contribution in [0.15, 0.2) is 28.7 Å². The molecule has 1 N–H and O–H groups in total. The van der Waals surface area contributed by atoms with Crippen molar-refractivity contribution in [3.8, 4) is 0 Å². The predicted molar refractivity (Wildman–Crippen MR) is 94.7 cm³/mol. The molecular weight excluding hydrogens is 324 g/mol. The maximum absolute atomic E-state index is 3.72. The van der Waals surface area contributed by atoms with Gasteiger partial charge in [-0.05, 0) is 57.5 Å². The van der Waals surface area contributed by atoms with E-state index in [1.54, 1.807) is 0 Å². The van der Waals surface area contributed by atoms with Gasteiger partial charge in [-0.2, -0.15) is 0 Å². The first kappa shape index (κ1) is 17.0. The van der Waals surface area contributed by atoms with Crippen LogP contribution in [0.4, 0.5) is 0 Å². The summed E-state index contributed by atoms with van der Waals surface area (Å²) in [4.78, 5) is 2.57. The zero-order valence-corrected chi connectivity index (χ0v) is 15.0. The first-order valence-corrected chi connectivity index (χ1v) is 9.19. The van der Waals surface area contributed by atoms with Gasteiger partial charge in [-0.15, -0.1) is 0 Å². The highest BCUT2D eigenvalue weighted by Gasteiger charge is 2.21. The second kappa shape index (κ2) is 8.92. The van der Waals surface area contributed by atoms with E-state index in [4.69, 9.17) is 0 Å². The van der Waals surface area contributed by atoms with E-state index < -0.39 is 0 Å². The number of rotatable bonds is 8. The van der Waals surface area contributed by atoms with Gasteiger partial charge in [0.05, 0.1) is 0 Å². The Labute approximate surface area is 138 Å². The summed E-state index contributed by atoms with van der Waals surface area (Å²) < 4.78 is 1.22. The van der Waals surface area contributed by atoms with E-state index in [0.717, 1.165) is 12.6 Å². The van der Waals surface area contributed by atoms with Gasteiger partial charge in [-0.25, -0.2) is 0 Å². The SMILES string of the molecule is CCCNC(CCN(C)C1CCCC1)c1ccccc1Br. The Morgan fingerprint density at radius 1 is 1.29 bits per heavy atom. The third kappa shape index (κ3) is 5.08. The maximum Gasteiger partial charge on any atom is 0.0343 e. The molecule has 1 atom stereocenters. The molecule has 0 saturated heterocycles. The summed E-state index contributed by atoms with van der Waals surface area (Å²) in [7, 11) is 2.30. The molecular formula is C18H29BrN2. The normalized spacial score (nSPS) is 17.5. The molecule has 0 heterocycles. The van der Waals surface area contributed by atoms with Crippen molar-refractivity contribution < 1.29 is 0 Å². The molecule has 1 aliphatic rings. The molecule has 21 heavy (non-hydrogen) atoms. The maximum atomic E-state index is 3.72. The molecule has 0 spiro atoms. The van der Waals surface area contributed by atoms with Gasteiger partial charge in [0.2, 0.25) is 0 Å². The van der Waals surface area contributed by atoms with Crippen LogP contribution >= 0.6 is 15.9 Å². The lowest BCUT2D eigenvalue weighted by Crippen LogP contribution is -2.33.